The van der Waals surface area contributed by atoms with Crippen molar-refractivity contribution in [3.8, 4) is 0 Å². The van der Waals surface area contributed by atoms with Gasteiger partial charge in [-0.15, -0.1) is 11.8 Å². The second-order valence-electron chi connectivity index (χ2n) is 3.11. The molecule has 0 aromatic carbocycles. The Balaban J connectivity index is 3.37. The van der Waals surface area contributed by atoms with Gasteiger partial charge in [-0.3, -0.25) is 4.79 Å². The fraction of sp³-hybridized carbons (Fsp3) is 0.875. The van der Waals surface area contributed by atoms with Gasteiger partial charge in [-0.25, -0.2) is 0 Å². The predicted octanol–water partition coefficient (Wildman–Crippen LogP) is 1.05. The van der Waals surface area contributed by atoms with Crippen molar-refractivity contribution in [2.75, 3.05) is 18.1 Å². The Labute approximate surface area is 77.5 Å². The summed E-state index contributed by atoms with van der Waals surface area (Å²) in [6.45, 7) is 5.62. The molecule has 0 aliphatic heterocycles. The third-order valence-corrected chi connectivity index (χ3v) is 2.33. The highest BCUT2D eigenvalue weighted by Crippen LogP contribution is 2.11. The van der Waals surface area contributed by atoms with Crippen LogP contribution in [-0.4, -0.2) is 34.8 Å². The summed E-state index contributed by atoms with van der Waals surface area (Å²) in [7, 11) is 0. The van der Waals surface area contributed by atoms with Gasteiger partial charge in [-0.2, -0.15) is 0 Å². The van der Waals surface area contributed by atoms with Crippen LogP contribution in [0, 0.1) is 0 Å². The number of carbonyl (C=O) groups is 1. The fourth-order valence-electron chi connectivity index (χ4n) is 0.587. The van der Waals surface area contributed by atoms with E-state index in [9.17, 15) is 9.90 Å². The first-order valence-electron chi connectivity index (χ1n) is 3.91. The van der Waals surface area contributed by atoms with Crippen LogP contribution in [0.5, 0.6) is 0 Å². The number of rotatable bonds is 5. The van der Waals surface area contributed by atoms with E-state index in [1.165, 1.54) is 11.8 Å². The summed E-state index contributed by atoms with van der Waals surface area (Å²) in [5.41, 5.74) is -0.711. The monoisotopic (exact) mass is 192 g/mol. The van der Waals surface area contributed by atoms with Crippen LogP contribution in [0.25, 0.3) is 0 Å². The van der Waals surface area contributed by atoms with Gasteiger partial charge in [0.15, 0.2) is 0 Å². The molecule has 0 saturated heterocycles. The van der Waals surface area contributed by atoms with Crippen LogP contribution >= 0.6 is 11.8 Å². The number of ether oxygens (including phenoxy) is 1. The Kier molecular flexibility index (Phi) is 5.33. The van der Waals surface area contributed by atoms with Gasteiger partial charge in [0.1, 0.15) is 0 Å². The second kappa shape index (κ2) is 5.43. The molecule has 3 nitrogen and oxygen atoms in total. The molecule has 0 amide bonds. The molecule has 0 spiro atoms. The molecule has 0 aliphatic rings. The summed E-state index contributed by atoms with van der Waals surface area (Å²) < 4.78 is 4.72. The van der Waals surface area contributed by atoms with Crippen LogP contribution in [0.4, 0.5) is 0 Å². The van der Waals surface area contributed by atoms with Gasteiger partial charge in [0.2, 0.25) is 0 Å². The van der Waals surface area contributed by atoms with Gasteiger partial charge in [0.25, 0.3) is 0 Å². The van der Waals surface area contributed by atoms with Crippen LogP contribution in [-0.2, 0) is 9.53 Å². The smallest absolute Gasteiger partial charge is 0.315 e. The second-order valence-corrected chi connectivity index (χ2v) is 4.10. The lowest BCUT2D eigenvalue weighted by Gasteiger charge is -2.15. The van der Waals surface area contributed by atoms with Crippen molar-refractivity contribution in [2.45, 2.75) is 26.4 Å². The molecule has 0 saturated carbocycles. The number of carbonyl (C=O) groups excluding carboxylic acids is 1. The molecule has 0 bridgehead atoms. The summed E-state index contributed by atoms with van der Waals surface area (Å²) in [5.74, 6) is 0.649. The largest absolute Gasteiger partial charge is 0.465 e. The molecule has 4 heteroatoms. The maximum absolute atomic E-state index is 10.8. The topological polar surface area (TPSA) is 46.5 Å². The van der Waals surface area contributed by atoms with Gasteiger partial charge in [0.05, 0.1) is 18.0 Å². The molecule has 0 aromatic heterocycles. The molecule has 0 rings (SSSR count). The van der Waals surface area contributed by atoms with E-state index in [0.717, 1.165) is 0 Å². The number of hydrogen-bond donors (Lipinski definition) is 1. The van der Waals surface area contributed by atoms with E-state index < -0.39 is 5.60 Å². The zero-order valence-electron chi connectivity index (χ0n) is 7.79. The van der Waals surface area contributed by atoms with Crippen LogP contribution in [0.3, 0.4) is 0 Å². The average Bonchev–Trinajstić information content (AvgIpc) is 1.84. The summed E-state index contributed by atoms with van der Waals surface area (Å²) in [6, 6.07) is 0. The molecule has 0 fully saturated rings. The van der Waals surface area contributed by atoms with Gasteiger partial charge in [0, 0.05) is 5.75 Å². The van der Waals surface area contributed by atoms with Gasteiger partial charge >= 0.3 is 5.97 Å². The van der Waals surface area contributed by atoms with Gasteiger partial charge in [-0.1, -0.05) is 0 Å². The Morgan fingerprint density at radius 1 is 1.58 bits per heavy atom. The summed E-state index contributed by atoms with van der Waals surface area (Å²) in [4.78, 5) is 10.8. The van der Waals surface area contributed by atoms with Crippen LogP contribution in [0.15, 0.2) is 0 Å². The van der Waals surface area contributed by atoms with Crippen LogP contribution in [0.1, 0.15) is 20.8 Å². The molecule has 0 aromatic rings. The number of esters is 1. The Morgan fingerprint density at radius 2 is 2.17 bits per heavy atom. The maximum Gasteiger partial charge on any atom is 0.315 e. The molecular formula is C8H16O3S. The van der Waals surface area contributed by atoms with E-state index in [-0.39, 0.29) is 5.97 Å². The van der Waals surface area contributed by atoms with Crippen LogP contribution < -0.4 is 0 Å². The quantitative estimate of drug-likeness (QED) is 0.661. The van der Waals surface area contributed by atoms with Crippen molar-refractivity contribution < 1.29 is 14.6 Å². The lowest BCUT2D eigenvalue weighted by atomic mass is 10.2. The molecule has 0 aliphatic carbocycles. The third kappa shape index (κ3) is 7.88. The number of hydrogen-bond acceptors (Lipinski definition) is 4. The summed E-state index contributed by atoms with van der Waals surface area (Å²) in [6.07, 6.45) is 0. The van der Waals surface area contributed by atoms with Gasteiger partial charge < -0.3 is 9.84 Å². The molecule has 0 unspecified atom stereocenters. The molecule has 1 N–H and O–H groups in total. The molecule has 0 atom stereocenters. The highest BCUT2D eigenvalue weighted by Gasteiger charge is 2.13. The number of aliphatic hydroxyl groups is 1. The first kappa shape index (κ1) is 11.8. The zero-order chi connectivity index (χ0) is 9.61. The predicted molar refractivity (Wildman–Crippen MR) is 50.3 cm³/mol. The van der Waals surface area contributed by atoms with E-state index in [1.54, 1.807) is 20.8 Å². The van der Waals surface area contributed by atoms with Gasteiger partial charge in [-0.05, 0) is 20.8 Å². The molecular weight excluding hydrogens is 176 g/mol. The highest BCUT2D eigenvalue weighted by molar-refractivity contribution is 8.00. The molecule has 0 radical (unpaired) electrons. The van der Waals surface area contributed by atoms with Crippen LogP contribution in [0.2, 0.25) is 0 Å². The van der Waals surface area contributed by atoms with E-state index in [4.69, 9.17) is 4.74 Å². The Bertz CT molecular complexity index is 140. The number of thioether (sulfide) groups is 1. The van der Waals surface area contributed by atoms with E-state index in [2.05, 4.69) is 0 Å². The standard InChI is InChI=1S/C8H16O3S/c1-4-11-7(9)5-12-6-8(2,3)10/h10H,4-6H2,1-3H3. The summed E-state index contributed by atoms with van der Waals surface area (Å²) >= 11 is 1.38. The lowest BCUT2D eigenvalue weighted by Crippen LogP contribution is -2.23. The van der Waals surface area contributed by atoms with Crippen molar-refractivity contribution in [2.24, 2.45) is 0 Å². The SMILES string of the molecule is CCOC(=O)CSCC(C)(C)O. The van der Waals surface area contributed by atoms with Crippen molar-refractivity contribution in [3.05, 3.63) is 0 Å². The third-order valence-electron chi connectivity index (χ3n) is 0.981. The van der Waals surface area contributed by atoms with E-state index in [0.29, 0.717) is 18.1 Å². The van der Waals surface area contributed by atoms with Crippen molar-refractivity contribution in [1.29, 1.82) is 0 Å². The minimum absolute atomic E-state index is 0.216. The molecule has 72 valence electrons. The fourth-order valence-corrected chi connectivity index (χ4v) is 1.44. The molecule has 12 heavy (non-hydrogen) atoms. The van der Waals surface area contributed by atoms with Crippen molar-refractivity contribution in [1.82, 2.24) is 0 Å². The zero-order valence-corrected chi connectivity index (χ0v) is 8.61. The minimum Gasteiger partial charge on any atom is -0.465 e. The minimum atomic E-state index is -0.711. The highest BCUT2D eigenvalue weighted by atomic mass is 32.2. The summed E-state index contributed by atoms with van der Waals surface area (Å²) in [5, 5.41) is 9.29. The van der Waals surface area contributed by atoms with Crippen molar-refractivity contribution in [3.63, 3.8) is 0 Å². The van der Waals surface area contributed by atoms with E-state index in [1.807, 2.05) is 0 Å². The van der Waals surface area contributed by atoms with Crippen molar-refractivity contribution >= 4 is 17.7 Å². The lowest BCUT2D eigenvalue weighted by molar-refractivity contribution is -0.139. The normalized spacial score (nSPS) is 11.3. The first-order valence-corrected chi connectivity index (χ1v) is 5.07. The maximum atomic E-state index is 10.8. The average molecular weight is 192 g/mol. The van der Waals surface area contributed by atoms with E-state index >= 15 is 0 Å². The molecule has 0 heterocycles. The first-order chi connectivity index (χ1) is 5.45. The Morgan fingerprint density at radius 3 is 2.58 bits per heavy atom. The Hall–Kier alpha value is -0.220.